The van der Waals surface area contributed by atoms with E-state index in [0.717, 1.165) is 31.5 Å². The summed E-state index contributed by atoms with van der Waals surface area (Å²) < 4.78 is 0. The van der Waals surface area contributed by atoms with Crippen LogP contribution in [0, 0.1) is 5.41 Å². The Hall–Kier alpha value is -1.68. The van der Waals surface area contributed by atoms with Gasteiger partial charge in [0, 0.05) is 6.54 Å². The minimum Gasteiger partial charge on any atom is -0.361 e. The second kappa shape index (κ2) is 7.54. The van der Waals surface area contributed by atoms with Crippen molar-refractivity contribution in [3.63, 3.8) is 0 Å². The molecule has 0 unspecified atom stereocenters. The summed E-state index contributed by atoms with van der Waals surface area (Å²) in [7, 11) is 0. The standard InChI is InChI=1S/C18H25N3S/c1-14-11-16(13-18(2,3)12-14)20-21-17(22)19-10-9-15-7-5-4-6-8-15/h4-8,11H,9-10,12-13H2,1-3H3,(H2,19,21,22)/b20-16+. The van der Waals surface area contributed by atoms with Crippen molar-refractivity contribution in [2.75, 3.05) is 6.54 Å². The highest BCUT2D eigenvalue weighted by molar-refractivity contribution is 7.80. The molecule has 0 spiro atoms. The highest BCUT2D eigenvalue weighted by atomic mass is 32.1. The van der Waals surface area contributed by atoms with Crippen LogP contribution in [-0.2, 0) is 6.42 Å². The van der Waals surface area contributed by atoms with Crippen molar-refractivity contribution in [2.24, 2.45) is 10.5 Å². The number of hydrogen-bond acceptors (Lipinski definition) is 2. The van der Waals surface area contributed by atoms with Crippen LogP contribution in [0.5, 0.6) is 0 Å². The summed E-state index contributed by atoms with van der Waals surface area (Å²) in [4.78, 5) is 0. The molecule has 4 heteroatoms. The van der Waals surface area contributed by atoms with Crippen molar-refractivity contribution < 1.29 is 0 Å². The molecule has 22 heavy (non-hydrogen) atoms. The van der Waals surface area contributed by atoms with Crippen LogP contribution in [0.15, 0.2) is 47.1 Å². The smallest absolute Gasteiger partial charge is 0.186 e. The molecule has 2 rings (SSSR count). The monoisotopic (exact) mass is 315 g/mol. The lowest BCUT2D eigenvalue weighted by Gasteiger charge is -2.29. The zero-order valence-electron chi connectivity index (χ0n) is 13.6. The van der Waals surface area contributed by atoms with Gasteiger partial charge in [0.05, 0.1) is 5.71 Å². The molecule has 0 amide bonds. The van der Waals surface area contributed by atoms with E-state index in [2.05, 4.69) is 67.0 Å². The van der Waals surface area contributed by atoms with Gasteiger partial charge in [0.1, 0.15) is 0 Å². The van der Waals surface area contributed by atoms with E-state index in [0.29, 0.717) is 5.11 Å². The molecule has 0 saturated heterocycles. The molecule has 1 aromatic rings. The maximum atomic E-state index is 5.27. The van der Waals surface area contributed by atoms with Crippen molar-refractivity contribution in [1.29, 1.82) is 0 Å². The van der Waals surface area contributed by atoms with Gasteiger partial charge in [0.2, 0.25) is 0 Å². The first-order chi connectivity index (χ1) is 10.4. The molecule has 118 valence electrons. The highest BCUT2D eigenvalue weighted by Gasteiger charge is 2.24. The lowest BCUT2D eigenvalue weighted by molar-refractivity contribution is 0.373. The van der Waals surface area contributed by atoms with Crippen LogP contribution in [0.1, 0.15) is 39.2 Å². The van der Waals surface area contributed by atoms with Gasteiger partial charge in [0.15, 0.2) is 5.11 Å². The van der Waals surface area contributed by atoms with Crippen LogP contribution in [0.3, 0.4) is 0 Å². The van der Waals surface area contributed by atoms with Crippen LogP contribution in [-0.4, -0.2) is 17.4 Å². The molecule has 0 saturated carbocycles. The van der Waals surface area contributed by atoms with Gasteiger partial charge >= 0.3 is 0 Å². The predicted octanol–water partition coefficient (Wildman–Crippen LogP) is 3.82. The van der Waals surface area contributed by atoms with Gasteiger partial charge in [-0.3, -0.25) is 5.43 Å². The third-order valence-corrected chi connectivity index (χ3v) is 3.91. The predicted molar refractivity (Wildman–Crippen MR) is 98.1 cm³/mol. The fraction of sp³-hybridized carbons (Fsp3) is 0.444. The minimum absolute atomic E-state index is 0.279. The van der Waals surface area contributed by atoms with Crippen molar-refractivity contribution >= 4 is 23.0 Å². The van der Waals surface area contributed by atoms with Crippen LogP contribution in [0.25, 0.3) is 0 Å². The summed E-state index contributed by atoms with van der Waals surface area (Å²) in [5.41, 5.74) is 6.99. The fourth-order valence-corrected chi connectivity index (χ4v) is 3.04. The molecule has 1 aliphatic carbocycles. The zero-order valence-corrected chi connectivity index (χ0v) is 14.5. The number of hydrazone groups is 1. The van der Waals surface area contributed by atoms with E-state index < -0.39 is 0 Å². The molecule has 3 nitrogen and oxygen atoms in total. The van der Waals surface area contributed by atoms with Crippen molar-refractivity contribution in [3.05, 3.63) is 47.5 Å². The number of allylic oxidation sites excluding steroid dienone is 2. The highest BCUT2D eigenvalue weighted by Crippen LogP contribution is 2.33. The number of nitrogens with zero attached hydrogens (tertiary/aromatic N) is 1. The van der Waals surface area contributed by atoms with Crippen LogP contribution >= 0.6 is 12.2 Å². The average Bonchev–Trinajstić information content (AvgIpc) is 2.44. The van der Waals surface area contributed by atoms with Crippen LogP contribution in [0.4, 0.5) is 0 Å². The zero-order chi connectivity index (χ0) is 16.0. The summed E-state index contributed by atoms with van der Waals surface area (Å²) in [6, 6.07) is 10.4. The summed E-state index contributed by atoms with van der Waals surface area (Å²) in [5, 5.41) is 8.22. The molecule has 0 fully saturated rings. The van der Waals surface area contributed by atoms with E-state index in [1.165, 1.54) is 11.1 Å². The van der Waals surface area contributed by atoms with Crippen LogP contribution in [0.2, 0.25) is 0 Å². The number of nitrogens with one attached hydrogen (secondary N) is 2. The maximum absolute atomic E-state index is 5.27. The fourth-order valence-electron chi connectivity index (χ4n) is 2.89. The lowest BCUT2D eigenvalue weighted by atomic mass is 9.77. The SMILES string of the molecule is CC1=C/C(=N\NC(=S)NCCc2ccccc2)CC(C)(C)C1. The summed E-state index contributed by atoms with van der Waals surface area (Å²) in [5.74, 6) is 0. The summed E-state index contributed by atoms with van der Waals surface area (Å²) in [6.07, 6.45) is 5.21. The molecule has 0 aromatic heterocycles. The van der Waals surface area contributed by atoms with Gasteiger partial charge in [0.25, 0.3) is 0 Å². The topological polar surface area (TPSA) is 36.4 Å². The number of benzene rings is 1. The van der Waals surface area contributed by atoms with Gasteiger partial charge in [-0.2, -0.15) is 5.10 Å². The largest absolute Gasteiger partial charge is 0.361 e. The van der Waals surface area contributed by atoms with Crippen molar-refractivity contribution in [1.82, 2.24) is 10.7 Å². The molecule has 0 aliphatic heterocycles. The Kier molecular flexibility index (Phi) is 5.72. The van der Waals surface area contributed by atoms with E-state index in [4.69, 9.17) is 12.2 Å². The molecule has 2 N–H and O–H groups in total. The van der Waals surface area contributed by atoms with Gasteiger partial charge < -0.3 is 5.32 Å². The first kappa shape index (κ1) is 16.7. The summed E-state index contributed by atoms with van der Waals surface area (Å²) in [6.45, 7) is 7.51. The van der Waals surface area contributed by atoms with E-state index >= 15 is 0 Å². The average molecular weight is 315 g/mol. The Bertz CT molecular complexity index is 573. The Labute approximate surface area is 138 Å². The van der Waals surface area contributed by atoms with Gasteiger partial charge in [-0.25, -0.2) is 0 Å². The third-order valence-electron chi connectivity index (χ3n) is 3.67. The number of hydrogen-bond donors (Lipinski definition) is 2. The van der Waals surface area contributed by atoms with E-state index in [-0.39, 0.29) is 5.41 Å². The van der Waals surface area contributed by atoms with Crippen LogP contribution < -0.4 is 10.7 Å². The quantitative estimate of drug-likeness (QED) is 0.655. The molecule has 0 atom stereocenters. The molecule has 0 radical (unpaired) electrons. The normalized spacial score (nSPS) is 18.7. The second-order valence-electron chi connectivity index (χ2n) is 6.71. The Morgan fingerprint density at radius 1 is 1.23 bits per heavy atom. The van der Waals surface area contributed by atoms with Gasteiger partial charge in [-0.15, -0.1) is 0 Å². The maximum Gasteiger partial charge on any atom is 0.186 e. The Morgan fingerprint density at radius 3 is 2.64 bits per heavy atom. The molecular formula is C18H25N3S. The van der Waals surface area contributed by atoms with Gasteiger partial charge in [-0.1, -0.05) is 49.8 Å². The van der Waals surface area contributed by atoms with E-state index in [1.807, 2.05) is 6.07 Å². The van der Waals surface area contributed by atoms with E-state index in [9.17, 15) is 0 Å². The Balaban J connectivity index is 1.78. The second-order valence-corrected chi connectivity index (χ2v) is 7.12. The van der Waals surface area contributed by atoms with Crippen molar-refractivity contribution in [3.8, 4) is 0 Å². The number of rotatable bonds is 4. The first-order valence-electron chi connectivity index (χ1n) is 7.76. The van der Waals surface area contributed by atoms with Gasteiger partial charge in [-0.05, 0) is 55.5 Å². The summed E-state index contributed by atoms with van der Waals surface area (Å²) >= 11 is 5.27. The minimum atomic E-state index is 0.279. The van der Waals surface area contributed by atoms with E-state index in [1.54, 1.807) is 0 Å². The Morgan fingerprint density at radius 2 is 1.95 bits per heavy atom. The molecular weight excluding hydrogens is 290 g/mol. The molecule has 1 aliphatic rings. The molecule has 1 aromatic carbocycles. The molecule has 0 heterocycles. The third kappa shape index (κ3) is 5.60. The molecule has 0 bridgehead atoms. The number of thiocarbonyl (C=S) groups is 1. The first-order valence-corrected chi connectivity index (χ1v) is 8.17. The van der Waals surface area contributed by atoms with Crippen molar-refractivity contribution in [2.45, 2.75) is 40.0 Å². The lowest BCUT2D eigenvalue weighted by Crippen LogP contribution is -2.34.